The quantitative estimate of drug-likeness (QED) is 0.350. The van der Waals surface area contributed by atoms with E-state index in [1.54, 1.807) is 38.4 Å². The highest BCUT2D eigenvalue weighted by Gasteiger charge is 2.43. The number of aliphatic imine (C=N–C) groups is 1. The third-order valence-electron chi connectivity index (χ3n) is 4.75. The third kappa shape index (κ3) is 3.16. The maximum atomic E-state index is 15.6. The number of imidazole rings is 1. The van der Waals surface area contributed by atoms with Gasteiger partial charge in [-0.2, -0.15) is 13.9 Å². The van der Waals surface area contributed by atoms with Crippen LogP contribution in [0.1, 0.15) is 24.0 Å². The van der Waals surface area contributed by atoms with E-state index in [0.717, 1.165) is 36.0 Å². The first-order valence-electron chi connectivity index (χ1n) is 9.17. The second-order valence-electron chi connectivity index (χ2n) is 6.61. The van der Waals surface area contributed by atoms with Crippen molar-refractivity contribution in [1.82, 2.24) is 19.3 Å². The van der Waals surface area contributed by atoms with Gasteiger partial charge in [0.05, 0.1) is 11.0 Å². The summed E-state index contributed by atoms with van der Waals surface area (Å²) in [5, 5.41) is 3.80. The Morgan fingerprint density at radius 3 is 2.63 bits per heavy atom. The van der Waals surface area contributed by atoms with Crippen LogP contribution in [0.3, 0.4) is 0 Å². The molecule has 0 spiro atoms. The predicted molar refractivity (Wildman–Crippen MR) is 105 cm³/mol. The van der Waals surface area contributed by atoms with Crippen LogP contribution in [0.15, 0.2) is 53.7 Å². The Morgan fingerprint density at radius 1 is 1.10 bits per heavy atom. The van der Waals surface area contributed by atoms with Gasteiger partial charge in [-0.1, -0.05) is 6.07 Å². The van der Waals surface area contributed by atoms with Gasteiger partial charge in [-0.25, -0.2) is 18.4 Å². The van der Waals surface area contributed by atoms with Crippen molar-refractivity contribution in [2.75, 3.05) is 7.05 Å². The minimum absolute atomic E-state index is 0.241. The molecule has 4 rings (SSSR count). The van der Waals surface area contributed by atoms with Crippen molar-refractivity contribution in [3.05, 3.63) is 77.4 Å². The molecule has 0 atom stereocenters. The molecule has 154 valence electrons. The van der Waals surface area contributed by atoms with Crippen molar-refractivity contribution in [1.29, 1.82) is 0 Å². The van der Waals surface area contributed by atoms with Crippen molar-refractivity contribution in [3.63, 3.8) is 0 Å². The Bertz CT molecular complexity index is 1260. The molecule has 0 aliphatic carbocycles. The SMILES string of the molecule is CCn1c(C(F)(F)c2ccnn2-c2cc(F)ccc2F)nc2cc(C=NC)ccc21. The molecule has 2 aromatic carbocycles. The van der Waals surface area contributed by atoms with Gasteiger partial charge in [0.1, 0.15) is 23.0 Å². The fraction of sp³-hybridized carbons (Fsp3) is 0.190. The first kappa shape index (κ1) is 19.8. The molecule has 2 aromatic heterocycles. The lowest BCUT2D eigenvalue weighted by Gasteiger charge is -2.19. The summed E-state index contributed by atoms with van der Waals surface area (Å²) in [6.45, 7) is 1.97. The third-order valence-corrected chi connectivity index (χ3v) is 4.75. The van der Waals surface area contributed by atoms with Gasteiger partial charge in [0, 0.05) is 32.1 Å². The number of halogens is 4. The maximum absolute atomic E-state index is 15.6. The normalized spacial score (nSPS) is 12.3. The number of nitrogens with zero attached hydrogens (tertiary/aromatic N) is 5. The van der Waals surface area contributed by atoms with Crippen LogP contribution in [0.2, 0.25) is 0 Å². The molecule has 5 nitrogen and oxygen atoms in total. The van der Waals surface area contributed by atoms with E-state index in [1.807, 2.05) is 0 Å². The highest BCUT2D eigenvalue weighted by atomic mass is 19.3. The van der Waals surface area contributed by atoms with Gasteiger partial charge in [-0.3, -0.25) is 4.99 Å². The molecule has 2 heterocycles. The predicted octanol–water partition coefficient (Wildman–Crippen LogP) is 4.71. The lowest BCUT2D eigenvalue weighted by molar-refractivity contribution is 0.0224. The van der Waals surface area contributed by atoms with Crippen molar-refractivity contribution < 1.29 is 17.6 Å². The summed E-state index contributed by atoms with van der Waals surface area (Å²) in [5.74, 6) is -5.76. The monoisotopic (exact) mass is 415 g/mol. The summed E-state index contributed by atoms with van der Waals surface area (Å²) in [6.07, 6.45) is 2.71. The molecule has 0 aliphatic heterocycles. The van der Waals surface area contributed by atoms with Crippen molar-refractivity contribution in [2.45, 2.75) is 19.4 Å². The molecule has 0 saturated heterocycles. The van der Waals surface area contributed by atoms with Crippen LogP contribution >= 0.6 is 0 Å². The summed E-state index contributed by atoms with van der Waals surface area (Å²) < 4.78 is 61.2. The lowest BCUT2D eigenvalue weighted by Crippen LogP contribution is -2.25. The number of hydrogen-bond donors (Lipinski definition) is 0. The molecule has 0 radical (unpaired) electrons. The zero-order valence-electron chi connectivity index (χ0n) is 16.2. The largest absolute Gasteiger partial charge is 0.346 e. The smallest absolute Gasteiger partial charge is 0.323 e. The summed E-state index contributed by atoms with van der Waals surface area (Å²) in [5.41, 5.74) is 0.616. The van der Waals surface area contributed by atoms with Crippen molar-refractivity contribution in [3.8, 4) is 5.69 Å². The number of alkyl halides is 2. The molecule has 0 saturated carbocycles. The molecule has 0 unspecified atom stereocenters. The Labute approximate surface area is 169 Å². The van der Waals surface area contributed by atoms with Crippen molar-refractivity contribution in [2.24, 2.45) is 4.99 Å². The molecule has 9 heteroatoms. The van der Waals surface area contributed by atoms with Crippen LogP contribution in [0.5, 0.6) is 0 Å². The van der Waals surface area contributed by atoms with Gasteiger partial charge in [0.15, 0.2) is 5.82 Å². The number of aryl methyl sites for hydroxylation is 1. The van der Waals surface area contributed by atoms with E-state index in [4.69, 9.17) is 0 Å². The minimum atomic E-state index is -3.62. The number of aromatic nitrogens is 4. The van der Waals surface area contributed by atoms with Crippen molar-refractivity contribution >= 4 is 17.2 Å². The standard InChI is InChI=1S/C21H17F4N5/c1-3-29-17-7-4-13(12-26-2)10-16(17)28-20(29)21(24,25)19-8-9-27-30(19)18-11-14(22)5-6-15(18)23/h4-12H,3H2,1-2H3. The van der Waals surface area contributed by atoms with Crippen LogP contribution in [0.4, 0.5) is 17.6 Å². The molecular weight excluding hydrogens is 398 g/mol. The van der Waals surface area contributed by atoms with Gasteiger partial charge in [0.25, 0.3) is 0 Å². The van der Waals surface area contributed by atoms with E-state index in [1.165, 1.54) is 4.57 Å². The molecule has 30 heavy (non-hydrogen) atoms. The second kappa shape index (κ2) is 7.40. The molecule has 0 amide bonds. The van der Waals surface area contributed by atoms with E-state index < -0.39 is 34.8 Å². The Balaban J connectivity index is 1.90. The van der Waals surface area contributed by atoms with Crippen LogP contribution < -0.4 is 0 Å². The van der Waals surface area contributed by atoms with E-state index in [2.05, 4.69) is 15.1 Å². The topological polar surface area (TPSA) is 48.0 Å². The van der Waals surface area contributed by atoms with Gasteiger partial charge in [0.2, 0.25) is 0 Å². The Hall–Kier alpha value is -3.49. The zero-order chi connectivity index (χ0) is 21.5. The minimum Gasteiger partial charge on any atom is -0.323 e. The molecule has 0 aliphatic rings. The van der Waals surface area contributed by atoms with Crippen LogP contribution in [-0.2, 0) is 12.5 Å². The van der Waals surface area contributed by atoms with Crippen LogP contribution in [-0.4, -0.2) is 32.6 Å². The van der Waals surface area contributed by atoms with E-state index >= 15 is 8.78 Å². The fourth-order valence-corrected chi connectivity index (χ4v) is 3.43. The van der Waals surface area contributed by atoms with Gasteiger partial charge < -0.3 is 4.57 Å². The van der Waals surface area contributed by atoms with Crippen LogP contribution in [0.25, 0.3) is 16.7 Å². The van der Waals surface area contributed by atoms with E-state index in [0.29, 0.717) is 15.7 Å². The Kier molecular flexibility index (Phi) is 4.89. The fourth-order valence-electron chi connectivity index (χ4n) is 3.43. The summed E-state index contributed by atoms with van der Waals surface area (Å²) in [4.78, 5) is 8.10. The van der Waals surface area contributed by atoms with Gasteiger partial charge in [-0.05, 0) is 42.8 Å². The lowest BCUT2D eigenvalue weighted by atomic mass is 10.2. The highest BCUT2D eigenvalue weighted by molar-refractivity contribution is 5.87. The molecule has 0 bridgehead atoms. The Morgan fingerprint density at radius 2 is 1.90 bits per heavy atom. The molecule has 0 fully saturated rings. The van der Waals surface area contributed by atoms with Crippen LogP contribution in [0, 0.1) is 11.6 Å². The molecular formula is C21H17F4N5. The number of benzene rings is 2. The average molecular weight is 415 g/mol. The maximum Gasteiger partial charge on any atom is 0.346 e. The summed E-state index contributed by atoms with van der Waals surface area (Å²) in [6, 6.07) is 8.79. The summed E-state index contributed by atoms with van der Waals surface area (Å²) >= 11 is 0. The number of rotatable bonds is 5. The number of fused-ring (bicyclic) bond motifs is 1. The van der Waals surface area contributed by atoms with E-state index in [9.17, 15) is 8.78 Å². The zero-order valence-corrected chi connectivity index (χ0v) is 16.2. The van der Waals surface area contributed by atoms with Gasteiger partial charge in [-0.15, -0.1) is 0 Å². The first-order chi connectivity index (χ1) is 14.4. The summed E-state index contributed by atoms with van der Waals surface area (Å²) in [7, 11) is 1.61. The van der Waals surface area contributed by atoms with Gasteiger partial charge >= 0.3 is 5.92 Å². The molecule has 4 aromatic rings. The van der Waals surface area contributed by atoms with E-state index in [-0.39, 0.29) is 6.54 Å². The molecule has 0 N–H and O–H groups in total. The highest BCUT2D eigenvalue weighted by Crippen LogP contribution is 2.38. The second-order valence-corrected chi connectivity index (χ2v) is 6.61. The number of hydrogen-bond acceptors (Lipinski definition) is 3. The average Bonchev–Trinajstić information content (AvgIpc) is 3.35. The first-order valence-corrected chi connectivity index (χ1v) is 9.17.